The summed E-state index contributed by atoms with van der Waals surface area (Å²) in [6, 6.07) is 0. The molecule has 0 aromatic heterocycles. The van der Waals surface area contributed by atoms with Gasteiger partial charge in [-0.1, -0.05) is 19.9 Å². The normalized spacial score (nSPS) is 15.8. The molecule has 0 nitrogen and oxygen atoms in total. The summed E-state index contributed by atoms with van der Waals surface area (Å²) >= 11 is 0. The first-order valence-corrected chi connectivity index (χ1v) is 5.21. The van der Waals surface area contributed by atoms with Gasteiger partial charge >= 0.3 is 0 Å². The first-order valence-electron chi connectivity index (χ1n) is 5.21. The molecule has 0 heterocycles. The molecule has 2 heteroatoms. The van der Waals surface area contributed by atoms with Crippen LogP contribution in [0.5, 0.6) is 0 Å². The van der Waals surface area contributed by atoms with E-state index in [1.165, 1.54) is 0 Å². The third-order valence-corrected chi connectivity index (χ3v) is 2.24. The van der Waals surface area contributed by atoms with Crippen LogP contribution in [0.3, 0.4) is 0 Å². The van der Waals surface area contributed by atoms with Crippen LogP contribution >= 0.6 is 0 Å². The number of rotatable bonds is 6. The van der Waals surface area contributed by atoms with Crippen LogP contribution in [0, 0.1) is 5.92 Å². The number of halogens is 2. The highest BCUT2D eigenvalue weighted by Crippen LogP contribution is 2.18. The Labute approximate surface area is 85.7 Å². The summed E-state index contributed by atoms with van der Waals surface area (Å²) in [6.07, 6.45) is 5.19. The van der Waals surface area contributed by atoms with Crippen molar-refractivity contribution in [1.29, 1.82) is 0 Å². The Morgan fingerprint density at radius 2 is 2.07 bits per heavy atom. The molecular weight excluding hydrogens is 182 g/mol. The fraction of sp³-hybridized carbons (Fsp3) is 0.667. The van der Waals surface area contributed by atoms with Crippen molar-refractivity contribution < 1.29 is 8.78 Å². The molecule has 0 radical (unpaired) electrons. The third-order valence-electron chi connectivity index (χ3n) is 2.24. The van der Waals surface area contributed by atoms with E-state index in [9.17, 15) is 8.78 Å². The second-order valence-corrected chi connectivity index (χ2v) is 3.60. The lowest BCUT2D eigenvalue weighted by Crippen LogP contribution is -1.97. The van der Waals surface area contributed by atoms with Gasteiger partial charge < -0.3 is 0 Å². The van der Waals surface area contributed by atoms with Crippen LogP contribution < -0.4 is 0 Å². The quantitative estimate of drug-likeness (QED) is 0.553. The first-order chi connectivity index (χ1) is 6.63. The Morgan fingerprint density at radius 3 is 2.50 bits per heavy atom. The van der Waals surface area contributed by atoms with Crippen molar-refractivity contribution in [1.82, 2.24) is 0 Å². The zero-order valence-corrected chi connectivity index (χ0v) is 9.32. The van der Waals surface area contributed by atoms with E-state index >= 15 is 0 Å². The molecule has 0 amide bonds. The summed E-state index contributed by atoms with van der Waals surface area (Å²) < 4.78 is 25.0. The molecule has 0 aliphatic heterocycles. The molecule has 0 fully saturated rings. The van der Waals surface area contributed by atoms with Crippen LogP contribution in [0.2, 0.25) is 0 Å². The van der Waals surface area contributed by atoms with Crippen molar-refractivity contribution in [3.05, 3.63) is 23.6 Å². The summed E-state index contributed by atoms with van der Waals surface area (Å²) in [4.78, 5) is 0. The molecule has 0 aromatic carbocycles. The van der Waals surface area contributed by atoms with Gasteiger partial charge in [-0.3, -0.25) is 4.39 Å². The van der Waals surface area contributed by atoms with E-state index in [4.69, 9.17) is 0 Å². The topological polar surface area (TPSA) is 0 Å². The molecule has 0 spiro atoms. The molecule has 0 aromatic rings. The van der Waals surface area contributed by atoms with Crippen molar-refractivity contribution >= 4 is 0 Å². The minimum Gasteiger partial charge on any atom is -0.251 e. The van der Waals surface area contributed by atoms with Crippen molar-refractivity contribution in [2.75, 3.05) is 6.67 Å². The highest BCUT2D eigenvalue weighted by Gasteiger charge is 2.04. The van der Waals surface area contributed by atoms with Crippen LogP contribution in [0.25, 0.3) is 0 Å². The van der Waals surface area contributed by atoms with E-state index in [-0.39, 0.29) is 18.4 Å². The fourth-order valence-corrected chi connectivity index (χ4v) is 1.25. The maximum absolute atomic E-state index is 13.0. The van der Waals surface area contributed by atoms with Crippen molar-refractivity contribution in [3.63, 3.8) is 0 Å². The molecule has 0 rings (SSSR count). The summed E-state index contributed by atoms with van der Waals surface area (Å²) in [5.41, 5.74) is 0.963. The van der Waals surface area contributed by atoms with Gasteiger partial charge in [-0.2, -0.15) is 0 Å². The van der Waals surface area contributed by atoms with Gasteiger partial charge in [-0.25, -0.2) is 4.39 Å². The summed E-state index contributed by atoms with van der Waals surface area (Å²) in [7, 11) is 0. The molecule has 14 heavy (non-hydrogen) atoms. The van der Waals surface area contributed by atoms with Gasteiger partial charge in [0.25, 0.3) is 0 Å². The molecule has 1 atom stereocenters. The van der Waals surface area contributed by atoms with E-state index in [1.54, 1.807) is 13.0 Å². The summed E-state index contributed by atoms with van der Waals surface area (Å²) in [5.74, 6) is 0.178. The molecule has 0 bridgehead atoms. The maximum Gasteiger partial charge on any atom is 0.0999 e. The Morgan fingerprint density at radius 1 is 1.43 bits per heavy atom. The van der Waals surface area contributed by atoms with Gasteiger partial charge in [-0.15, -0.1) is 0 Å². The summed E-state index contributed by atoms with van der Waals surface area (Å²) in [5, 5.41) is 0. The maximum atomic E-state index is 13.0. The van der Waals surface area contributed by atoms with Crippen LogP contribution in [0.15, 0.2) is 23.6 Å². The molecule has 0 saturated carbocycles. The van der Waals surface area contributed by atoms with Gasteiger partial charge in [0.05, 0.1) is 12.5 Å². The lowest BCUT2D eigenvalue weighted by atomic mass is 9.98. The fourth-order valence-electron chi connectivity index (χ4n) is 1.25. The number of allylic oxidation sites excluding steroid dienone is 4. The Kier molecular flexibility index (Phi) is 7.35. The monoisotopic (exact) mass is 202 g/mol. The standard InChI is InChI=1S/C12H20F2/c1-4-11(9-12(14)5-2)8-10(3)6-7-13/h4,9-10H,5-8H2,1-3H3/b11-4+,12-9+. The predicted octanol–water partition coefficient (Wildman–Crippen LogP) is 4.58. The Hall–Kier alpha value is -0.660. The van der Waals surface area contributed by atoms with Crippen molar-refractivity contribution in [2.45, 2.75) is 40.0 Å². The number of hydrogen-bond donors (Lipinski definition) is 0. The van der Waals surface area contributed by atoms with Gasteiger partial charge in [0.15, 0.2) is 0 Å². The lowest BCUT2D eigenvalue weighted by Gasteiger charge is -2.09. The number of alkyl halides is 1. The molecule has 0 aliphatic rings. The lowest BCUT2D eigenvalue weighted by molar-refractivity contribution is 0.403. The van der Waals surface area contributed by atoms with Gasteiger partial charge in [0.1, 0.15) is 0 Å². The minimum atomic E-state index is -0.294. The summed E-state index contributed by atoms with van der Waals surface area (Å²) in [6.45, 7) is 5.36. The highest BCUT2D eigenvalue weighted by molar-refractivity contribution is 5.20. The van der Waals surface area contributed by atoms with E-state index in [2.05, 4.69) is 0 Å². The third kappa shape index (κ3) is 5.90. The van der Waals surface area contributed by atoms with E-state index in [0.717, 1.165) is 12.0 Å². The molecule has 0 N–H and O–H groups in total. The SMILES string of the molecule is C/C=C(/C=C(/F)CC)CC(C)CCF. The van der Waals surface area contributed by atoms with Crippen molar-refractivity contribution in [2.24, 2.45) is 5.92 Å². The molecule has 0 saturated heterocycles. The van der Waals surface area contributed by atoms with E-state index in [0.29, 0.717) is 12.8 Å². The van der Waals surface area contributed by atoms with Crippen LogP contribution in [0.1, 0.15) is 40.0 Å². The van der Waals surface area contributed by atoms with Crippen molar-refractivity contribution in [3.8, 4) is 0 Å². The zero-order valence-electron chi connectivity index (χ0n) is 9.32. The second-order valence-electron chi connectivity index (χ2n) is 3.60. The Balaban J connectivity index is 4.18. The zero-order chi connectivity index (χ0) is 11.0. The molecule has 0 aliphatic carbocycles. The average Bonchev–Trinajstić information content (AvgIpc) is 2.16. The van der Waals surface area contributed by atoms with Crippen LogP contribution in [0.4, 0.5) is 8.78 Å². The van der Waals surface area contributed by atoms with E-state index in [1.807, 2.05) is 19.9 Å². The molecule has 1 unspecified atom stereocenters. The van der Waals surface area contributed by atoms with Crippen LogP contribution in [-0.4, -0.2) is 6.67 Å². The first kappa shape index (κ1) is 13.3. The largest absolute Gasteiger partial charge is 0.251 e. The molecular formula is C12H20F2. The van der Waals surface area contributed by atoms with E-state index < -0.39 is 0 Å². The highest BCUT2D eigenvalue weighted by atomic mass is 19.1. The Bertz CT molecular complexity index is 204. The van der Waals surface area contributed by atoms with Crippen LogP contribution in [-0.2, 0) is 0 Å². The predicted molar refractivity (Wildman–Crippen MR) is 57.6 cm³/mol. The number of hydrogen-bond acceptors (Lipinski definition) is 0. The smallest absolute Gasteiger partial charge is 0.0999 e. The second kappa shape index (κ2) is 7.72. The van der Waals surface area contributed by atoms with Gasteiger partial charge in [0, 0.05) is 0 Å². The average molecular weight is 202 g/mol. The van der Waals surface area contributed by atoms with Gasteiger partial charge in [0.2, 0.25) is 0 Å². The minimum absolute atomic E-state index is 0.106. The van der Waals surface area contributed by atoms with Gasteiger partial charge in [-0.05, 0) is 43.8 Å². The molecule has 82 valence electrons.